The van der Waals surface area contributed by atoms with Crippen LogP contribution in [0.5, 0.6) is 11.5 Å². The molecule has 0 unspecified atom stereocenters. The van der Waals surface area contributed by atoms with Gasteiger partial charge in [0.1, 0.15) is 0 Å². The zero-order chi connectivity index (χ0) is 15.8. The molecule has 1 aromatic heterocycles. The summed E-state index contributed by atoms with van der Waals surface area (Å²) in [5.41, 5.74) is 0.459. The maximum Gasteiger partial charge on any atom is 0.256 e. The maximum atomic E-state index is 11.8. The molecular weight excluding hydrogens is 318 g/mol. The number of furan rings is 1. The van der Waals surface area contributed by atoms with Gasteiger partial charge in [0.15, 0.2) is 5.76 Å². The molecule has 2 N–H and O–H groups in total. The van der Waals surface area contributed by atoms with E-state index in [0.29, 0.717) is 10.6 Å². The van der Waals surface area contributed by atoms with Crippen LogP contribution in [0, 0.1) is 0 Å². The van der Waals surface area contributed by atoms with Crippen molar-refractivity contribution in [2.75, 3.05) is 17.1 Å². The summed E-state index contributed by atoms with van der Waals surface area (Å²) in [7, 11) is -2.38. The van der Waals surface area contributed by atoms with Crippen LogP contribution in [0.3, 0.4) is 0 Å². The number of halogens is 1. The molecule has 2 aromatic rings. The van der Waals surface area contributed by atoms with Crippen LogP contribution in [0.25, 0.3) is 11.3 Å². The molecule has 0 radical (unpaired) electrons. The molecule has 1 heterocycles. The molecule has 0 fully saturated rings. The summed E-state index contributed by atoms with van der Waals surface area (Å²) in [5.74, 6) is -1.68. The third kappa shape index (κ3) is 2.79. The van der Waals surface area contributed by atoms with E-state index in [1.165, 1.54) is 14.0 Å². The van der Waals surface area contributed by atoms with E-state index in [0.717, 1.165) is 4.31 Å². The number of anilines is 1. The van der Waals surface area contributed by atoms with Gasteiger partial charge in [-0.15, -0.1) is 0 Å². The van der Waals surface area contributed by atoms with Gasteiger partial charge in [0, 0.05) is 17.6 Å². The molecule has 0 spiro atoms. The first-order valence-electron chi connectivity index (χ1n) is 6.05. The Morgan fingerprint density at radius 2 is 1.76 bits per heavy atom. The van der Waals surface area contributed by atoms with Gasteiger partial charge in [0.05, 0.1) is 5.75 Å². The van der Waals surface area contributed by atoms with Crippen molar-refractivity contribution >= 4 is 27.5 Å². The van der Waals surface area contributed by atoms with Crippen LogP contribution in [0.4, 0.5) is 5.88 Å². The molecule has 6 nitrogen and oxygen atoms in total. The van der Waals surface area contributed by atoms with E-state index >= 15 is 0 Å². The summed E-state index contributed by atoms with van der Waals surface area (Å²) in [6.45, 7) is 1.46. The lowest BCUT2D eigenvalue weighted by Gasteiger charge is -2.14. The molecule has 0 bridgehead atoms. The van der Waals surface area contributed by atoms with Gasteiger partial charge in [0.2, 0.25) is 21.5 Å². The smallest absolute Gasteiger partial charge is 0.256 e. The molecule has 0 saturated heterocycles. The van der Waals surface area contributed by atoms with E-state index in [2.05, 4.69) is 0 Å². The van der Waals surface area contributed by atoms with Crippen LogP contribution in [0.1, 0.15) is 6.92 Å². The van der Waals surface area contributed by atoms with Crippen molar-refractivity contribution < 1.29 is 23.0 Å². The first-order valence-corrected chi connectivity index (χ1v) is 8.04. The Kier molecular flexibility index (Phi) is 4.06. The van der Waals surface area contributed by atoms with Gasteiger partial charge in [-0.25, -0.2) is 12.7 Å². The van der Waals surface area contributed by atoms with E-state index < -0.39 is 21.5 Å². The lowest BCUT2D eigenvalue weighted by molar-refractivity contribution is 0.409. The first kappa shape index (κ1) is 15.5. The SMILES string of the molecule is CCS(=O)(=O)N(C)c1oc(-c2ccc(Cl)cc2)c(O)c1O. The monoisotopic (exact) mass is 331 g/mol. The molecule has 0 aliphatic heterocycles. The average molecular weight is 332 g/mol. The normalized spacial score (nSPS) is 11.6. The number of nitrogens with zero attached hydrogens (tertiary/aromatic N) is 1. The Hall–Kier alpha value is -1.86. The Balaban J connectivity index is 2.53. The third-order valence-corrected chi connectivity index (χ3v) is 5.00. The van der Waals surface area contributed by atoms with Crippen molar-refractivity contribution in [2.45, 2.75) is 6.92 Å². The topological polar surface area (TPSA) is 91.0 Å². The predicted octanol–water partition coefficient (Wildman–Crippen LogP) is 2.80. The van der Waals surface area contributed by atoms with Crippen LogP contribution >= 0.6 is 11.6 Å². The summed E-state index contributed by atoms with van der Waals surface area (Å²) in [6.07, 6.45) is 0. The Morgan fingerprint density at radius 3 is 2.29 bits per heavy atom. The molecule has 0 aliphatic carbocycles. The zero-order valence-electron chi connectivity index (χ0n) is 11.4. The Bertz CT molecular complexity index is 752. The van der Waals surface area contributed by atoms with Crippen LogP contribution in [0.15, 0.2) is 28.7 Å². The average Bonchev–Trinajstić information content (AvgIpc) is 2.75. The summed E-state index contributed by atoms with van der Waals surface area (Å²) in [5, 5.41) is 20.3. The minimum atomic E-state index is -3.62. The lowest BCUT2D eigenvalue weighted by Crippen LogP contribution is -2.27. The third-order valence-electron chi connectivity index (χ3n) is 3.02. The number of rotatable bonds is 4. The highest BCUT2D eigenvalue weighted by molar-refractivity contribution is 7.92. The highest BCUT2D eigenvalue weighted by Gasteiger charge is 2.28. The zero-order valence-corrected chi connectivity index (χ0v) is 12.9. The lowest BCUT2D eigenvalue weighted by atomic mass is 10.1. The molecule has 2 rings (SSSR count). The second kappa shape index (κ2) is 5.50. The second-order valence-electron chi connectivity index (χ2n) is 4.31. The van der Waals surface area contributed by atoms with Crippen molar-refractivity contribution in [2.24, 2.45) is 0 Å². The van der Waals surface area contributed by atoms with Crippen LogP contribution in [-0.4, -0.2) is 31.4 Å². The summed E-state index contributed by atoms with van der Waals surface area (Å²) in [4.78, 5) is 0. The molecule has 114 valence electrons. The number of hydrogen-bond acceptors (Lipinski definition) is 5. The molecular formula is C13H14ClNO5S. The Morgan fingerprint density at radius 1 is 1.19 bits per heavy atom. The van der Waals surface area contributed by atoms with Crippen molar-refractivity contribution in [3.63, 3.8) is 0 Å². The minimum absolute atomic E-state index is 0.0303. The molecule has 8 heteroatoms. The van der Waals surface area contributed by atoms with Crippen molar-refractivity contribution in [1.82, 2.24) is 0 Å². The number of aromatic hydroxyl groups is 2. The summed E-state index contributed by atoms with van der Waals surface area (Å²) in [6, 6.07) is 6.33. The van der Waals surface area contributed by atoms with E-state index in [-0.39, 0.29) is 17.4 Å². The van der Waals surface area contributed by atoms with Gasteiger partial charge in [0.25, 0.3) is 5.88 Å². The molecule has 0 amide bonds. The number of hydrogen-bond donors (Lipinski definition) is 2. The van der Waals surface area contributed by atoms with Gasteiger partial charge in [-0.1, -0.05) is 11.6 Å². The minimum Gasteiger partial charge on any atom is -0.502 e. The maximum absolute atomic E-state index is 11.8. The summed E-state index contributed by atoms with van der Waals surface area (Å²) >= 11 is 5.77. The molecule has 21 heavy (non-hydrogen) atoms. The fourth-order valence-electron chi connectivity index (χ4n) is 1.73. The van der Waals surface area contributed by atoms with E-state index in [4.69, 9.17) is 16.0 Å². The second-order valence-corrected chi connectivity index (χ2v) is 7.03. The number of benzene rings is 1. The van der Waals surface area contributed by atoms with E-state index in [9.17, 15) is 18.6 Å². The van der Waals surface area contributed by atoms with E-state index in [1.54, 1.807) is 24.3 Å². The quantitative estimate of drug-likeness (QED) is 0.899. The van der Waals surface area contributed by atoms with Gasteiger partial charge in [-0.2, -0.15) is 0 Å². The van der Waals surface area contributed by atoms with Gasteiger partial charge in [-0.05, 0) is 31.2 Å². The summed E-state index contributed by atoms with van der Waals surface area (Å²) < 4.78 is 29.7. The van der Waals surface area contributed by atoms with Crippen LogP contribution in [-0.2, 0) is 10.0 Å². The van der Waals surface area contributed by atoms with Gasteiger partial charge in [-0.3, -0.25) is 0 Å². The van der Waals surface area contributed by atoms with Crippen molar-refractivity contribution in [1.29, 1.82) is 0 Å². The fourth-order valence-corrected chi connectivity index (χ4v) is 2.62. The van der Waals surface area contributed by atoms with Crippen molar-refractivity contribution in [3.8, 4) is 22.8 Å². The first-order chi connectivity index (χ1) is 9.77. The van der Waals surface area contributed by atoms with E-state index in [1.807, 2.05) is 0 Å². The molecule has 0 aliphatic rings. The Labute approximate surface area is 127 Å². The number of sulfonamides is 1. The van der Waals surface area contributed by atoms with Gasteiger partial charge < -0.3 is 14.6 Å². The molecule has 0 atom stereocenters. The fraction of sp³-hybridized carbons (Fsp3) is 0.231. The van der Waals surface area contributed by atoms with Crippen molar-refractivity contribution in [3.05, 3.63) is 29.3 Å². The molecule has 0 saturated carbocycles. The highest BCUT2D eigenvalue weighted by atomic mass is 35.5. The standard InChI is InChI=1S/C13H14ClNO5S/c1-3-21(18,19)15(2)13-11(17)10(16)12(20-13)8-4-6-9(14)7-5-8/h4-7,16-17H,3H2,1-2H3. The molecule has 1 aromatic carbocycles. The largest absolute Gasteiger partial charge is 0.502 e. The van der Waals surface area contributed by atoms with Crippen LogP contribution in [0.2, 0.25) is 5.02 Å². The van der Waals surface area contributed by atoms with Gasteiger partial charge >= 0.3 is 0 Å². The highest BCUT2D eigenvalue weighted by Crippen LogP contribution is 2.47. The predicted molar refractivity (Wildman–Crippen MR) is 80.3 cm³/mol. The van der Waals surface area contributed by atoms with Crippen LogP contribution < -0.4 is 4.31 Å².